The Bertz CT molecular complexity index is 1110. The molecule has 2 aromatic carbocycles. The van der Waals surface area contributed by atoms with E-state index in [1.807, 2.05) is 32.0 Å². The molecule has 0 aromatic heterocycles. The fraction of sp³-hybridized carbons (Fsp3) is 0.190. The van der Waals surface area contributed by atoms with Crippen LogP contribution in [0.25, 0.3) is 6.08 Å². The summed E-state index contributed by atoms with van der Waals surface area (Å²) in [5.41, 5.74) is 2.80. The molecular formula is C21H18Br2N2O4S. The third kappa shape index (κ3) is 4.14. The number of carbonyl (C=O) groups excluding carboxylic acids is 2. The molecule has 0 bridgehead atoms. The van der Waals surface area contributed by atoms with E-state index in [0.29, 0.717) is 26.8 Å². The lowest BCUT2D eigenvalue weighted by molar-refractivity contribution is -0.122. The standard InChI is InChI=1S/C21H18Br2N2O4S/c1-4-29-15-9-12(16(22)17(23)18(15)26)8-13-19(27)24-21(30)25(20(13)28)14-7-10(2)5-6-11(14)3/h5-9,26H,4H2,1-3H3,(H,24,27,30)/b13-8+. The summed E-state index contributed by atoms with van der Waals surface area (Å²) in [6.07, 6.45) is 1.44. The number of halogens is 2. The topological polar surface area (TPSA) is 78.9 Å². The first kappa shape index (κ1) is 22.5. The number of hydrogen-bond donors (Lipinski definition) is 2. The molecule has 0 atom stereocenters. The van der Waals surface area contributed by atoms with Crippen molar-refractivity contribution in [1.29, 1.82) is 0 Å². The van der Waals surface area contributed by atoms with Crippen LogP contribution < -0.4 is 15.0 Å². The Balaban J connectivity index is 2.13. The van der Waals surface area contributed by atoms with Crippen molar-refractivity contribution >= 4 is 72.8 Å². The van der Waals surface area contributed by atoms with Crippen LogP contribution in [-0.2, 0) is 9.59 Å². The summed E-state index contributed by atoms with van der Waals surface area (Å²) < 4.78 is 6.27. The highest BCUT2D eigenvalue weighted by Crippen LogP contribution is 2.42. The number of nitrogens with zero attached hydrogens (tertiary/aromatic N) is 1. The minimum atomic E-state index is -0.597. The molecule has 1 aliphatic heterocycles. The second kappa shape index (κ2) is 8.87. The maximum Gasteiger partial charge on any atom is 0.270 e. The van der Waals surface area contributed by atoms with Crippen LogP contribution in [0.5, 0.6) is 11.5 Å². The number of amides is 2. The van der Waals surface area contributed by atoms with E-state index in [-0.39, 0.29) is 22.2 Å². The number of carbonyl (C=O) groups is 2. The van der Waals surface area contributed by atoms with E-state index in [2.05, 4.69) is 37.2 Å². The first-order chi connectivity index (χ1) is 14.1. The van der Waals surface area contributed by atoms with Crippen LogP contribution in [0.4, 0.5) is 5.69 Å². The van der Waals surface area contributed by atoms with Crippen LogP contribution in [0, 0.1) is 13.8 Å². The number of anilines is 1. The molecular weight excluding hydrogens is 536 g/mol. The second-order valence-corrected chi connectivity index (χ2v) is 8.59. The lowest BCUT2D eigenvalue weighted by Crippen LogP contribution is -2.54. The second-order valence-electron chi connectivity index (χ2n) is 6.62. The molecule has 156 valence electrons. The fourth-order valence-electron chi connectivity index (χ4n) is 2.97. The third-order valence-electron chi connectivity index (χ3n) is 4.48. The van der Waals surface area contributed by atoms with Gasteiger partial charge in [0.15, 0.2) is 16.6 Å². The van der Waals surface area contributed by atoms with Gasteiger partial charge in [-0.15, -0.1) is 0 Å². The van der Waals surface area contributed by atoms with Crippen LogP contribution in [0.15, 0.2) is 38.8 Å². The highest BCUT2D eigenvalue weighted by atomic mass is 79.9. The van der Waals surface area contributed by atoms with Crippen LogP contribution in [0.1, 0.15) is 23.6 Å². The number of nitrogens with one attached hydrogen (secondary N) is 1. The van der Waals surface area contributed by atoms with Gasteiger partial charge in [0.05, 0.1) is 16.8 Å². The largest absolute Gasteiger partial charge is 0.503 e. The summed E-state index contributed by atoms with van der Waals surface area (Å²) in [5.74, 6) is -0.986. The van der Waals surface area contributed by atoms with E-state index < -0.39 is 11.8 Å². The van der Waals surface area contributed by atoms with Crippen molar-refractivity contribution in [2.45, 2.75) is 20.8 Å². The van der Waals surface area contributed by atoms with Gasteiger partial charge < -0.3 is 9.84 Å². The van der Waals surface area contributed by atoms with Crippen molar-refractivity contribution in [2.75, 3.05) is 11.5 Å². The highest BCUT2D eigenvalue weighted by Gasteiger charge is 2.35. The van der Waals surface area contributed by atoms with Crippen molar-refractivity contribution in [1.82, 2.24) is 5.32 Å². The summed E-state index contributed by atoms with van der Waals surface area (Å²) >= 11 is 12.0. The predicted octanol–water partition coefficient (Wildman–Crippen LogP) is 4.76. The summed E-state index contributed by atoms with van der Waals surface area (Å²) in [7, 11) is 0. The predicted molar refractivity (Wildman–Crippen MR) is 127 cm³/mol. The minimum absolute atomic E-state index is 0.0248. The van der Waals surface area contributed by atoms with Gasteiger partial charge >= 0.3 is 0 Å². The molecule has 30 heavy (non-hydrogen) atoms. The van der Waals surface area contributed by atoms with E-state index in [9.17, 15) is 14.7 Å². The first-order valence-corrected chi connectivity index (χ1v) is 11.0. The maximum absolute atomic E-state index is 13.3. The summed E-state index contributed by atoms with van der Waals surface area (Å²) in [6, 6.07) is 7.22. The van der Waals surface area contributed by atoms with E-state index in [1.165, 1.54) is 11.0 Å². The van der Waals surface area contributed by atoms with Crippen molar-refractivity contribution in [3.05, 3.63) is 55.5 Å². The molecule has 0 radical (unpaired) electrons. The van der Waals surface area contributed by atoms with E-state index >= 15 is 0 Å². The molecule has 1 aliphatic rings. The van der Waals surface area contributed by atoms with Gasteiger partial charge in [0, 0.05) is 4.47 Å². The molecule has 0 unspecified atom stereocenters. The molecule has 3 rings (SSSR count). The minimum Gasteiger partial charge on any atom is -0.503 e. The van der Waals surface area contributed by atoms with Crippen molar-refractivity contribution in [2.24, 2.45) is 0 Å². The molecule has 2 N–H and O–H groups in total. The Labute approximate surface area is 196 Å². The third-order valence-corrected chi connectivity index (χ3v) is 6.92. The Hall–Kier alpha value is -2.23. The van der Waals surface area contributed by atoms with E-state index in [1.54, 1.807) is 13.0 Å². The summed E-state index contributed by atoms with van der Waals surface area (Å²) in [6.45, 7) is 5.91. The molecule has 0 saturated carbocycles. The van der Waals surface area contributed by atoms with Crippen LogP contribution in [0.3, 0.4) is 0 Å². The monoisotopic (exact) mass is 552 g/mol. The highest BCUT2D eigenvalue weighted by molar-refractivity contribution is 9.13. The molecule has 0 aliphatic carbocycles. The quantitative estimate of drug-likeness (QED) is 0.324. The van der Waals surface area contributed by atoms with Gasteiger partial charge in [-0.2, -0.15) is 0 Å². The number of hydrogen-bond acceptors (Lipinski definition) is 5. The summed E-state index contributed by atoms with van der Waals surface area (Å²) in [5, 5.41) is 12.8. The molecule has 2 aromatic rings. The van der Waals surface area contributed by atoms with Gasteiger partial charge in [-0.1, -0.05) is 12.1 Å². The number of aromatic hydroxyl groups is 1. The summed E-state index contributed by atoms with van der Waals surface area (Å²) in [4.78, 5) is 27.2. The average Bonchev–Trinajstić information content (AvgIpc) is 2.69. The zero-order valence-corrected chi connectivity index (χ0v) is 20.4. The SMILES string of the molecule is CCOc1cc(/C=C2\C(=O)NC(=S)N(c3cc(C)ccc3C)C2=O)c(Br)c(Br)c1O. The van der Waals surface area contributed by atoms with Gasteiger partial charge in [0.1, 0.15) is 5.57 Å². The van der Waals surface area contributed by atoms with Crippen molar-refractivity contribution in [3.8, 4) is 11.5 Å². The Morgan fingerprint density at radius 2 is 1.90 bits per heavy atom. The number of rotatable bonds is 4. The van der Waals surface area contributed by atoms with Crippen molar-refractivity contribution < 1.29 is 19.4 Å². The normalized spacial score (nSPS) is 15.6. The molecule has 1 saturated heterocycles. The zero-order valence-electron chi connectivity index (χ0n) is 16.4. The smallest absolute Gasteiger partial charge is 0.270 e. The molecule has 1 heterocycles. The number of ether oxygens (including phenoxy) is 1. The molecule has 9 heteroatoms. The number of thiocarbonyl (C=S) groups is 1. The average molecular weight is 554 g/mol. The Morgan fingerprint density at radius 3 is 2.57 bits per heavy atom. The number of phenolic OH excluding ortho intramolecular Hbond substituents is 1. The molecule has 0 spiro atoms. The van der Waals surface area contributed by atoms with Gasteiger partial charge in [0.2, 0.25) is 0 Å². The molecule has 2 amide bonds. The van der Waals surface area contributed by atoms with Crippen LogP contribution >= 0.6 is 44.1 Å². The first-order valence-electron chi connectivity index (χ1n) is 8.98. The lowest BCUT2D eigenvalue weighted by atomic mass is 10.0. The molecule has 1 fully saturated rings. The fourth-order valence-corrected chi connectivity index (χ4v) is 4.09. The van der Waals surface area contributed by atoms with Crippen molar-refractivity contribution in [3.63, 3.8) is 0 Å². The van der Waals surface area contributed by atoms with Gasteiger partial charge in [-0.25, -0.2) is 0 Å². The number of aryl methyl sites for hydroxylation is 2. The zero-order chi connectivity index (χ0) is 22.2. The number of phenols is 1. The van der Waals surface area contributed by atoms with E-state index in [0.717, 1.165) is 11.1 Å². The maximum atomic E-state index is 13.3. The molecule has 6 nitrogen and oxygen atoms in total. The van der Waals surface area contributed by atoms with Crippen LogP contribution in [0.2, 0.25) is 0 Å². The van der Waals surface area contributed by atoms with Crippen LogP contribution in [-0.4, -0.2) is 28.6 Å². The van der Waals surface area contributed by atoms with E-state index in [4.69, 9.17) is 17.0 Å². The van der Waals surface area contributed by atoms with Gasteiger partial charge in [-0.05, 0) is 99.7 Å². The Kier molecular flexibility index (Phi) is 6.64. The lowest BCUT2D eigenvalue weighted by Gasteiger charge is -2.30. The Morgan fingerprint density at radius 1 is 1.20 bits per heavy atom. The van der Waals surface area contributed by atoms with Gasteiger partial charge in [0.25, 0.3) is 11.8 Å². The van der Waals surface area contributed by atoms with Gasteiger partial charge in [-0.3, -0.25) is 19.8 Å². The number of benzene rings is 2.